The maximum Gasteiger partial charge on any atom is 0.247 e. The number of fused-ring (bicyclic) bond motifs is 6. The van der Waals surface area contributed by atoms with Crippen molar-refractivity contribution in [2.45, 2.75) is 270 Å². The summed E-state index contributed by atoms with van der Waals surface area (Å²) >= 11 is 0. The fraction of sp³-hybridized carbons (Fsp3) is 0.519. The summed E-state index contributed by atoms with van der Waals surface area (Å²) in [6.45, 7) is 60.6. The van der Waals surface area contributed by atoms with Gasteiger partial charge in [0.2, 0.25) is 17.3 Å². The van der Waals surface area contributed by atoms with E-state index in [0.717, 1.165) is 85.4 Å². The highest BCUT2D eigenvalue weighted by molar-refractivity contribution is 5.77. The molecule has 518 valence electrons. The molecule has 15 heteroatoms. The van der Waals surface area contributed by atoms with Gasteiger partial charge in [0.15, 0.2) is 17.4 Å². The summed E-state index contributed by atoms with van der Waals surface area (Å²) in [5.74, 6) is 7.90. The van der Waals surface area contributed by atoms with Gasteiger partial charge in [0.05, 0.1) is 33.8 Å². The Hall–Kier alpha value is -8.07. The Kier molecular flexibility index (Phi) is 24.8. The quantitative estimate of drug-likeness (QED) is 0.142. The predicted octanol–water partition coefficient (Wildman–Crippen LogP) is 22.2. The molecule has 0 radical (unpaired) electrons. The number of oxazole rings is 2. The van der Waals surface area contributed by atoms with Crippen molar-refractivity contribution < 1.29 is 8.83 Å². The van der Waals surface area contributed by atoms with Crippen LogP contribution in [0.4, 0.5) is 0 Å². The van der Waals surface area contributed by atoms with E-state index in [1.54, 1.807) is 0 Å². The molecule has 15 nitrogen and oxygen atoms in total. The van der Waals surface area contributed by atoms with E-state index in [1.807, 2.05) is 39.4 Å². The minimum atomic E-state index is 0. The molecule has 0 unspecified atom stereocenters. The highest BCUT2D eigenvalue weighted by Gasteiger charge is 2.22. The van der Waals surface area contributed by atoms with Crippen molar-refractivity contribution in [3.05, 3.63) is 178 Å². The van der Waals surface area contributed by atoms with E-state index < -0.39 is 0 Å². The predicted molar refractivity (Wildman–Crippen MR) is 402 cm³/mol. The molecule has 0 spiro atoms. The van der Waals surface area contributed by atoms with Crippen molar-refractivity contribution in [3.8, 4) is 0 Å². The largest absolute Gasteiger partial charge is 0.440 e. The van der Waals surface area contributed by atoms with Gasteiger partial charge >= 0.3 is 0 Å². The summed E-state index contributed by atoms with van der Waals surface area (Å²) in [5, 5.41) is 0. The van der Waals surface area contributed by atoms with Crippen LogP contribution in [0.5, 0.6) is 0 Å². The first-order valence-electron chi connectivity index (χ1n) is 34.4. The molecule has 2 aromatic carbocycles. The molecule has 0 fully saturated rings. The highest BCUT2D eigenvalue weighted by Crippen LogP contribution is 2.31. The van der Waals surface area contributed by atoms with E-state index >= 15 is 0 Å². The van der Waals surface area contributed by atoms with Crippen LogP contribution in [0.15, 0.2) is 119 Å². The molecular formula is C81H117N13O2. The van der Waals surface area contributed by atoms with Gasteiger partial charge in [0.1, 0.15) is 22.5 Å². The number of aromatic nitrogens is 13. The summed E-state index contributed by atoms with van der Waals surface area (Å²) in [6.07, 6.45) is 14.4. The van der Waals surface area contributed by atoms with Crippen LogP contribution in [-0.2, 0) is 28.7 Å². The number of benzene rings is 2. The average Bonchev–Trinajstić information content (AvgIpc) is 1.67. The standard InChI is InChI=1S/2C14H20N2.C14H19NO.C13H19N3.C13H18N2O.C12H17N3.CH4/c1-10(2)12-9-16-7-6-11(14(3,4)5)8-13(16)15-12;1-9(2)11-6-7-13-12(8-11)15-14(10(3)4)16(13)5;1-9(2)13-15-11-7-6-10(14(3,4)5)8-12(11)16-13;1-9(2)10-8-16-7-6-11(13(3,4)5)15-12(16)14-10;1-8(2)11-14-9-6-7-10(13(3,4)5)15-12(9)16-11;1-8(2)10-5-13-12-14-11(9(3)4)7-15(12)6-10;/h2*6-10H,1-5H3;2*6-9H,1-5H3;6-8H,1-5H3;5-9H,1-4H3;1H4. The first-order chi connectivity index (χ1) is 44.1. The molecule has 10 heterocycles. The van der Waals surface area contributed by atoms with Gasteiger partial charge in [-0.2, -0.15) is 0 Å². The first kappa shape index (κ1) is 76.9. The lowest BCUT2D eigenvalue weighted by Crippen LogP contribution is -2.14. The number of rotatable bonds is 8. The van der Waals surface area contributed by atoms with Crippen LogP contribution < -0.4 is 0 Å². The van der Waals surface area contributed by atoms with E-state index in [9.17, 15) is 0 Å². The maximum absolute atomic E-state index is 5.75. The lowest BCUT2D eigenvalue weighted by Gasteiger charge is -2.18. The monoisotopic (exact) mass is 1300 g/mol. The van der Waals surface area contributed by atoms with Gasteiger partial charge in [-0.05, 0) is 117 Å². The molecule has 96 heavy (non-hydrogen) atoms. The lowest BCUT2D eigenvalue weighted by atomic mass is 9.87. The van der Waals surface area contributed by atoms with Gasteiger partial charge < -0.3 is 17.8 Å². The van der Waals surface area contributed by atoms with Crippen molar-refractivity contribution in [1.82, 2.24) is 62.6 Å². The zero-order chi connectivity index (χ0) is 70.6. The van der Waals surface area contributed by atoms with Crippen LogP contribution in [0.3, 0.4) is 0 Å². The second kappa shape index (κ2) is 31.0. The smallest absolute Gasteiger partial charge is 0.247 e. The number of nitrogens with zero attached hydrogens (tertiary/aromatic N) is 13. The Balaban J connectivity index is 0.000000182. The highest BCUT2D eigenvalue weighted by atomic mass is 16.4. The number of hydrogen-bond acceptors (Lipinski definition) is 11. The van der Waals surface area contributed by atoms with E-state index in [1.165, 1.54) is 27.8 Å². The Labute approximate surface area is 574 Å². The van der Waals surface area contributed by atoms with Gasteiger partial charge in [-0.15, -0.1) is 0 Å². The van der Waals surface area contributed by atoms with E-state index in [2.05, 4.69) is 329 Å². The van der Waals surface area contributed by atoms with E-state index in [-0.39, 0.29) is 29.1 Å². The molecule has 0 amide bonds. The van der Waals surface area contributed by atoms with Gasteiger partial charge in [-0.1, -0.05) is 213 Å². The number of pyridine rings is 2. The lowest BCUT2D eigenvalue weighted by molar-refractivity contribution is 0.489. The van der Waals surface area contributed by atoms with Gasteiger partial charge in [0, 0.05) is 84.7 Å². The summed E-state index contributed by atoms with van der Waals surface area (Å²) in [5.41, 5.74) is 17.9. The summed E-state index contributed by atoms with van der Waals surface area (Å²) < 4.78 is 19.7. The SMILES string of the molecule is C.CC(C)c1ccc2c(c1)nc(C(C)C)n2C.CC(C)c1cn2ccc(C(C)(C)C)cc2n1.CC(C)c1cn2ccc(C(C)(C)C)nc2n1.CC(C)c1cnc2nc(C(C)C)cn2c1.CC(C)c1nc2ccc(C(C)(C)C)cc2o1.CC(C)c1nc2ccc(C(C)(C)C)nc2o1. The molecule has 0 saturated heterocycles. The number of hydrogen-bond donors (Lipinski definition) is 0. The Morgan fingerprint density at radius 3 is 1.44 bits per heavy atom. The molecule has 0 saturated carbocycles. The Morgan fingerprint density at radius 1 is 0.375 bits per heavy atom. The minimum Gasteiger partial charge on any atom is -0.440 e. The molecule has 12 rings (SSSR count). The minimum absolute atomic E-state index is 0. The fourth-order valence-corrected chi connectivity index (χ4v) is 10.1. The molecule has 0 aliphatic rings. The third-order valence-corrected chi connectivity index (χ3v) is 16.7. The molecule has 0 aliphatic carbocycles. The van der Waals surface area contributed by atoms with Crippen molar-refractivity contribution >= 4 is 50.6 Å². The topological polar surface area (TPSA) is 160 Å². The summed E-state index contributed by atoms with van der Waals surface area (Å²) in [4.78, 5) is 40.7. The molecule has 0 bridgehead atoms. The van der Waals surface area contributed by atoms with Gasteiger partial charge in [-0.3, -0.25) is 8.80 Å². The van der Waals surface area contributed by atoms with Crippen molar-refractivity contribution in [2.75, 3.05) is 0 Å². The van der Waals surface area contributed by atoms with E-state index in [4.69, 9.17) is 13.8 Å². The third-order valence-electron chi connectivity index (χ3n) is 16.7. The van der Waals surface area contributed by atoms with Crippen molar-refractivity contribution in [3.63, 3.8) is 0 Å². The van der Waals surface area contributed by atoms with Crippen molar-refractivity contribution in [2.24, 2.45) is 7.05 Å². The summed E-state index contributed by atoms with van der Waals surface area (Å²) in [7, 11) is 2.10. The molecule has 0 aliphatic heterocycles. The zero-order valence-corrected chi connectivity index (χ0v) is 63.1. The van der Waals surface area contributed by atoms with Crippen molar-refractivity contribution in [1.29, 1.82) is 0 Å². The second-order valence-electron chi connectivity index (χ2n) is 32.1. The Bertz CT molecular complexity index is 4080. The van der Waals surface area contributed by atoms with Crippen LogP contribution in [0.25, 0.3) is 50.6 Å². The molecule has 0 N–H and O–H groups in total. The number of imidazole rings is 4. The second-order valence-corrected chi connectivity index (χ2v) is 32.1. The Morgan fingerprint density at radius 2 is 0.885 bits per heavy atom. The number of aryl methyl sites for hydroxylation is 1. The zero-order valence-electron chi connectivity index (χ0n) is 63.1. The van der Waals surface area contributed by atoms with Gasteiger partial charge in [0.25, 0.3) is 0 Å². The average molecular weight is 1300 g/mol. The van der Waals surface area contributed by atoms with Crippen LogP contribution in [0, 0.1) is 0 Å². The third kappa shape index (κ3) is 19.6. The van der Waals surface area contributed by atoms with Crippen LogP contribution in [-0.4, -0.2) is 62.6 Å². The van der Waals surface area contributed by atoms with Crippen LogP contribution >= 0.6 is 0 Å². The molecule has 0 atom stereocenters. The molecule has 10 aromatic heterocycles. The van der Waals surface area contributed by atoms with Crippen LogP contribution in [0.1, 0.15) is 317 Å². The van der Waals surface area contributed by atoms with E-state index in [0.29, 0.717) is 53.1 Å². The van der Waals surface area contributed by atoms with Crippen LogP contribution in [0.2, 0.25) is 0 Å². The maximum atomic E-state index is 5.75. The molecular weight excluding hydrogens is 1190 g/mol. The van der Waals surface area contributed by atoms with Gasteiger partial charge in [-0.25, -0.2) is 44.9 Å². The summed E-state index contributed by atoms with van der Waals surface area (Å²) in [6, 6.07) is 23.3. The normalized spacial score (nSPS) is 12.3. The fourth-order valence-electron chi connectivity index (χ4n) is 10.1. The molecule has 12 aromatic rings. The first-order valence-corrected chi connectivity index (χ1v) is 34.4.